The number of hydrogen-bond donors (Lipinski definition) is 0. The third-order valence-corrected chi connectivity index (χ3v) is 5.85. The predicted octanol–water partition coefficient (Wildman–Crippen LogP) is 2.86. The molecule has 1 aromatic carbocycles. The Balaban J connectivity index is 1.75. The Morgan fingerprint density at radius 3 is 2.38 bits per heavy atom. The molecule has 1 aromatic heterocycles. The molecule has 1 aliphatic heterocycles. The number of alkyl halides is 3. The molecule has 0 saturated carbocycles. The molecule has 0 radical (unpaired) electrons. The van der Waals surface area contributed by atoms with E-state index >= 15 is 0 Å². The number of aromatic nitrogens is 1. The first-order valence-corrected chi connectivity index (χ1v) is 10.8. The van der Waals surface area contributed by atoms with Crippen molar-refractivity contribution >= 4 is 21.6 Å². The van der Waals surface area contributed by atoms with Crippen LogP contribution in [0.25, 0.3) is 0 Å². The van der Waals surface area contributed by atoms with E-state index in [0.29, 0.717) is 38.4 Å². The lowest BCUT2D eigenvalue weighted by Gasteiger charge is -2.23. The van der Waals surface area contributed by atoms with E-state index in [4.69, 9.17) is 0 Å². The molecule has 1 saturated heterocycles. The van der Waals surface area contributed by atoms with E-state index in [2.05, 4.69) is 4.98 Å². The van der Waals surface area contributed by atoms with Crippen molar-refractivity contribution < 1.29 is 26.4 Å². The Labute approximate surface area is 166 Å². The lowest BCUT2D eigenvalue weighted by atomic mass is 10.2. The molecular weight excluding hydrogens is 407 g/mol. The first-order valence-electron chi connectivity index (χ1n) is 8.94. The normalized spacial score (nSPS) is 15.9. The van der Waals surface area contributed by atoms with Crippen molar-refractivity contribution in [2.75, 3.05) is 37.3 Å². The maximum Gasteiger partial charge on any atom is 0.417 e. The van der Waals surface area contributed by atoms with Crippen LogP contribution >= 0.6 is 0 Å². The molecule has 2 aromatic rings. The van der Waals surface area contributed by atoms with Crippen LogP contribution in [-0.2, 0) is 16.0 Å². The molecule has 0 bridgehead atoms. The summed E-state index contributed by atoms with van der Waals surface area (Å²) in [5.74, 6) is 0.0251. The third-order valence-electron chi connectivity index (χ3n) is 4.70. The Hall–Kier alpha value is -2.62. The first-order chi connectivity index (χ1) is 13.6. The minimum absolute atomic E-state index is 0.0180. The smallest absolute Gasteiger partial charge is 0.355 e. The highest BCUT2D eigenvalue weighted by Crippen LogP contribution is 2.29. The molecule has 1 fully saturated rings. The molecule has 0 aliphatic carbocycles. The molecule has 2 heterocycles. The van der Waals surface area contributed by atoms with Gasteiger partial charge in [-0.3, -0.25) is 4.79 Å². The van der Waals surface area contributed by atoms with E-state index in [1.54, 1.807) is 17.0 Å². The summed E-state index contributed by atoms with van der Waals surface area (Å²) in [5, 5.41) is 0. The molecule has 29 heavy (non-hydrogen) atoms. The van der Waals surface area contributed by atoms with E-state index in [9.17, 15) is 26.4 Å². The van der Waals surface area contributed by atoms with E-state index in [0.717, 1.165) is 18.5 Å². The largest absolute Gasteiger partial charge is 0.417 e. The number of carbonyl (C=O) groups is 1. The highest BCUT2D eigenvalue weighted by Gasteiger charge is 2.31. The number of nitrogens with zero attached hydrogens (tertiary/aromatic N) is 3. The van der Waals surface area contributed by atoms with E-state index < -0.39 is 21.6 Å². The zero-order valence-corrected chi connectivity index (χ0v) is 16.5. The summed E-state index contributed by atoms with van der Waals surface area (Å²) < 4.78 is 62.1. The van der Waals surface area contributed by atoms with Gasteiger partial charge < -0.3 is 9.80 Å². The molecule has 1 aliphatic rings. The van der Waals surface area contributed by atoms with Crippen molar-refractivity contribution in [2.45, 2.75) is 17.5 Å². The van der Waals surface area contributed by atoms with Gasteiger partial charge in [-0.15, -0.1) is 0 Å². The summed E-state index contributed by atoms with van der Waals surface area (Å²) >= 11 is 0. The van der Waals surface area contributed by atoms with Crippen molar-refractivity contribution in [1.82, 2.24) is 9.88 Å². The van der Waals surface area contributed by atoms with Crippen LogP contribution in [0.15, 0.2) is 47.5 Å². The molecule has 0 unspecified atom stereocenters. The van der Waals surface area contributed by atoms with Crippen LogP contribution in [0.5, 0.6) is 0 Å². The molecule has 156 valence electrons. The number of halogens is 3. The summed E-state index contributed by atoms with van der Waals surface area (Å²) in [6, 6.07) is 8.36. The quantitative estimate of drug-likeness (QED) is 0.754. The number of carbonyl (C=O) groups excluding carboxylic acids is 1. The second-order valence-corrected chi connectivity index (χ2v) is 8.79. The van der Waals surface area contributed by atoms with Crippen LogP contribution in [0.4, 0.5) is 19.0 Å². The van der Waals surface area contributed by atoms with Crippen molar-refractivity contribution in [3.05, 3.63) is 53.7 Å². The first kappa shape index (κ1) is 21.1. The maximum absolute atomic E-state index is 12.9. The van der Waals surface area contributed by atoms with Crippen molar-refractivity contribution in [3.63, 3.8) is 0 Å². The highest BCUT2D eigenvalue weighted by atomic mass is 32.2. The SMILES string of the molecule is CS(=O)(=O)c1ccccc1C(=O)N1CCCN(c2ccc(C(F)(F)F)cn2)CC1. The fraction of sp³-hybridized carbons (Fsp3) is 0.368. The number of pyridine rings is 1. The number of sulfone groups is 1. The van der Waals surface area contributed by atoms with Gasteiger partial charge in [0.2, 0.25) is 0 Å². The van der Waals surface area contributed by atoms with Crippen LogP contribution < -0.4 is 4.90 Å². The summed E-state index contributed by atoms with van der Waals surface area (Å²) in [6.45, 7) is 1.62. The van der Waals surface area contributed by atoms with Gasteiger partial charge in [-0.25, -0.2) is 13.4 Å². The second-order valence-electron chi connectivity index (χ2n) is 6.80. The fourth-order valence-electron chi connectivity index (χ4n) is 3.23. The Kier molecular flexibility index (Phi) is 5.83. The predicted molar refractivity (Wildman–Crippen MR) is 102 cm³/mol. The molecule has 0 spiro atoms. The van der Waals surface area contributed by atoms with Crippen LogP contribution in [0.2, 0.25) is 0 Å². The van der Waals surface area contributed by atoms with Gasteiger partial charge in [-0.05, 0) is 30.7 Å². The Morgan fingerprint density at radius 2 is 1.76 bits per heavy atom. The molecule has 0 atom stereocenters. The Bertz CT molecular complexity index is 992. The monoisotopic (exact) mass is 427 g/mol. The van der Waals surface area contributed by atoms with E-state index in [1.165, 1.54) is 18.2 Å². The average molecular weight is 427 g/mol. The number of anilines is 1. The van der Waals surface area contributed by atoms with Crippen LogP contribution in [0, 0.1) is 0 Å². The average Bonchev–Trinajstić information content (AvgIpc) is 2.92. The van der Waals surface area contributed by atoms with Crippen molar-refractivity contribution in [2.24, 2.45) is 0 Å². The van der Waals surface area contributed by atoms with Crippen molar-refractivity contribution in [3.8, 4) is 0 Å². The minimum atomic E-state index is -4.44. The number of rotatable bonds is 3. The zero-order chi connectivity index (χ0) is 21.2. The third kappa shape index (κ3) is 4.87. The van der Waals surface area contributed by atoms with Gasteiger partial charge in [0.1, 0.15) is 5.82 Å². The summed E-state index contributed by atoms with van der Waals surface area (Å²) in [5.41, 5.74) is -0.693. The zero-order valence-electron chi connectivity index (χ0n) is 15.7. The topological polar surface area (TPSA) is 70.6 Å². The van der Waals surface area contributed by atoms with Crippen molar-refractivity contribution in [1.29, 1.82) is 0 Å². The number of hydrogen-bond acceptors (Lipinski definition) is 5. The minimum Gasteiger partial charge on any atom is -0.355 e. The van der Waals surface area contributed by atoms with Gasteiger partial charge in [0.25, 0.3) is 5.91 Å². The second kappa shape index (κ2) is 8.02. The molecule has 1 amide bonds. The standard InChI is InChI=1S/C19H20F3N3O3S/c1-29(27,28)16-6-3-2-5-15(16)18(26)25-10-4-9-24(11-12-25)17-8-7-14(13-23-17)19(20,21)22/h2-3,5-8,13H,4,9-12H2,1H3. The lowest BCUT2D eigenvalue weighted by Crippen LogP contribution is -2.36. The molecule has 3 rings (SSSR count). The van der Waals surface area contributed by atoms with Gasteiger partial charge in [0.15, 0.2) is 9.84 Å². The van der Waals surface area contributed by atoms with E-state index in [1.807, 2.05) is 4.90 Å². The van der Waals surface area contributed by atoms with E-state index in [-0.39, 0.29) is 16.4 Å². The molecular formula is C19H20F3N3O3S. The fourth-order valence-corrected chi connectivity index (χ4v) is 4.11. The molecule has 10 heteroatoms. The lowest BCUT2D eigenvalue weighted by molar-refractivity contribution is -0.137. The van der Waals surface area contributed by atoms with Gasteiger partial charge in [0, 0.05) is 38.6 Å². The van der Waals surface area contributed by atoms with Gasteiger partial charge in [0.05, 0.1) is 16.0 Å². The van der Waals surface area contributed by atoms with Gasteiger partial charge >= 0.3 is 6.18 Å². The molecule has 0 N–H and O–H groups in total. The number of benzene rings is 1. The highest BCUT2D eigenvalue weighted by molar-refractivity contribution is 7.90. The maximum atomic E-state index is 12.9. The van der Waals surface area contributed by atoms with Crippen LogP contribution in [0.3, 0.4) is 0 Å². The summed E-state index contributed by atoms with van der Waals surface area (Å²) in [6.07, 6.45) is -2.01. The Morgan fingerprint density at radius 1 is 1.03 bits per heavy atom. The number of amides is 1. The molecule has 6 nitrogen and oxygen atoms in total. The van der Waals surface area contributed by atoms with Gasteiger partial charge in [-0.1, -0.05) is 12.1 Å². The van der Waals surface area contributed by atoms with Gasteiger partial charge in [-0.2, -0.15) is 13.2 Å². The van der Waals surface area contributed by atoms with Crippen LogP contribution in [0.1, 0.15) is 22.3 Å². The summed E-state index contributed by atoms with van der Waals surface area (Å²) in [4.78, 5) is 20.2. The van der Waals surface area contributed by atoms with Crippen LogP contribution in [-0.4, -0.2) is 56.6 Å². The summed E-state index contributed by atoms with van der Waals surface area (Å²) in [7, 11) is -3.56.